The molecule has 0 N–H and O–H groups in total. The van der Waals surface area contributed by atoms with E-state index in [1.54, 1.807) is 0 Å². The number of hydrogen-bond donors (Lipinski definition) is 0. The molecule has 9 heteroatoms. The maximum absolute atomic E-state index is 7.03. The Morgan fingerprint density at radius 1 is 0.329 bits per heavy atom. The molecule has 4 fully saturated rings. The zero-order chi connectivity index (χ0) is 53.1. The Bertz CT molecular complexity index is 3540. The van der Waals surface area contributed by atoms with Gasteiger partial charge in [-0.25, -0.2) is 0 Å². The van der Waals surface area contributed by atoms with E-state index >= 15 is 0 Å². The third-order valence-corrected chi connectivity index (χ3v) is 20.5. The summed E-state index contributed by atoms with van der Waals surface area (Å²) >= 11 is -0.929. The van der Waals surface area contributed by atoms with Gasteiger partial charge >= 0.3 is 473 Å². The molecule has 6 bridgehead atoms. The van der Waals surface area contributed by atoms with Gasteiger partial charge in [-0.15, -0.1) is 0 Å². The Morgan fingerprint density at radius 2 is 0.582 bits per heavy atom. The van der Waals surface area contributed by atoms with Crippen molar-refractivity contribution in [3.05, 3.63) is 239 Å². The third kappa shape index (κ3) is 7.22. The van der Waals surface area contributed by atoms with E-state index in [4.69, 9.17) is 18.9 Å². The fourth-order valence-electron chi connectivity index (χ4n) is 13.2. The molecule has 394 valence electrons. The molecule has 79 heavy (non-hydrogen) atoms. The molecule has 0 spiro atoms. The van der Waals surface area contributed by atoms with Crippen LogP contribution in [-0.2, 0) is 47.4 Å². The molecule has 8 aliphatic heterocycles. The predicted octanol–water partition coefficient (Wildman–Crippen LogP) is 15.0. The first-order chi connectivity index (χ1) is 38.4. The Morgan fingerprint density at radius 3 is 0.823 bits per heavy atom. The van der Waals surface area contributed by atoms with Crippen molar-refractivity contribution in [3.63, 3.8) is 0 Å². The van der Waals surface area contributed by atoms with E-state index < -0.39 is 17.6 Å². The zero-order valence-corrected chi connectivity index (χ0v) is 47.5. The average molecular weight is 1220 g/mol. The first-order valence-electron chi connectivity index (χ1n) is 27.8. The van der Waals surface area contributed by atoms with Crippen molar-refractivity contribution in [1.82, 2.24) is 19.6 Å². The molecular formula is C70H60N4O4Pt. The molecule has 0 amide bonds. The van der Waals surface area contributed by atoms with Gasteiger partial charge in [-0.05, 0) is 0 Å². The van der Waals surface area contributed by atoms with Crippen LogP contribution < -0.4 is 0 Å². The van der Waals surface area contributed by atoms with Gasteiger partial charge in [0.1, 0.15) is 0 Å². The summed E-state index contributed by atoms with van der Waals surface area (Å²) in [6.07, 6.45) is 0. The van der Waals surface area contributed by atoms with Crippen molar-refractivity contribution < 1.29 is 36.6 Å². The van der Waals surface area contributed by atoms with Crippen LogP contribution in [0, 0.1) is 0 Å². The summed E-state index contributed by atoms with van der Waals surface area (Å²) in [5, 5.41) is 0. The van der Waals surface area contributed by atoms with Gasteiger partial charge in [-0.1, -0.05) is 0 Å². The van der Waals surface area contributed by atoms with Crippen molar-refractivity contribution in [1.29, 1.82) is 0 Å². The van der Waals surface area contributed by atoms with Crippen LogP contribution in [0.2, 0.25) is 0 Å². The van der Waals surface area contributed by atoms with Gasteiger partial charge in [0.2, 0.25) is 0 Å². The maximum atomic E-state index is 7.03. The van der Waals surface area contributed by atoms with Gasteiger partial charge in [-0.3, -0.25) is 0 Å². The molecule has 8 nitrogen and oxygen atoms in total. The molecule has 0 radical (unpaired) electrons. The van der Waals surface area contributed by atoms with Crippen LogP contribution in [0.15, 0.2) is 206 Å². The molecule has 8 aromatic carbocycles. The Labute approximate surface area is 470 Å². The monoisotopic (exact) mass is 1220 g/mol. The number of fused-ring (bicyclic) bond motifs is 8. The summed E-state index contributed by atoms with van der Waals surface area (Å²) in [5.41, 5.74) is 21.8. The van der Waals surface area contributed by atoms with Crippen molar-refractivity contribution in [2.75, 3.05) is 26.4 Å². The Hall–Kier alpha value is -7.93. The Balaban J connectivity index is 0.922. The van der Waals surface area contributed by atoms with Crippen LogP contribution in [0.25, 0.3) is 66.8 Å². The molecule has 0 aliphatic carbocycles. The van der Waals surface area contributed by atoms with Crippen LogP contribution in [0.5, 0.6) is 0 Å². The van der Waals surface area contributed by atoms with Crippen LogP contribution in [0.4, 0.5) is 0 Å². The van der Waals surface area contributed by atoms with Crippen LogP contribution in [-0.4, -0.2) is 54.3 Å². The molecule has 16 rings (SSSR count). The minimum atomic E-state index is -0.929. The first kappa shape index (κ1) is 47.1. The van der Waals surface area contributed by atoms with E-state index in [-0.39, 0.29) is 35.0 Å². The number of hydrogen-bond acceptors (Lipinski definition) is 8. The van der Waals surface area contributed by atoms with Crippen molar-refractivity contribution in [2.24, 2.45) is 0 Å². The van der Waals surface area contributed by atoms with E-state index in [0.717, 1.165) is 23.5 Å². The molecule has 4 unspecified atom stereocenters. The Kier molecular flexibility index (Phi) is 10.3. The van der Waals surface area contributed by atoms with E-state index in [1.807, 2.05) is 0 Å². The second-order valence-electron chi connectivity index (χ2n) is 24.2. The van der Waals surface area contributed by atoms with E-state index in [2.05, 4.69) is 243 Å². The summed E-state index contributed by atoms with van der Waals surface area (Å²) in [6, 6.07) is 68.0. The van der Waals surface area contributed by atoms with Crippen LogP contribution >= 0.6 is 0 Å². The van der Waals surface area contributed by atoms with Crippen molar-refractivity contribution in [2.45, 2.75) is 76.5 Å². The summed E-state index contributed by atoms with van der Waals surface area (Å²) < 4.78 is 30.7. The number of rotatable bonds is 6. The standard InChI is InChI=1S/C70H60N4O4.Pt/c1-69(2,3)53-33-55(43-19-11-7-12-20-43)63(56(34-53)44-21-13-8-14-22-44)51-29-47-27-48(30-51)60-38-76-66-68-74(42-72(60)66)62(40-78-68)50-28-49(61-39-77-67-65-71(41-73(61)67)59(47)37-75-65)31-52(32-50)64-57(45-23-15-9-16-24-45)35-54(70(4,5)6)36-58(64)46-25-17-10-18-26-46;/h7-36,59-62H,37-40H2,1-6H3;. The zero-order valence-electron chi connectivity index (χ0n) is 45.2. The summed E-state index contributed by atoms with van der Waals surface area (Å²) in [6.45, 7) is 16.0. The van der Waals surface area contributed by atoms with Crippen molar-refractivity contribution >= 4 is 8.29 Å². The van der Waals surface area contributed by atoms with E-state index in [9.17, 15) is 0 Å². The number of ether oxygens (including phenoxy) is 4. The normalized spacial score (nSPS) is 21.0. The van der Waals surface area contributed by atoms with E-state index in [1.165, 1.54) is 108 Å². The van der Waals surface area contributed by atoms with Gasteiger partial charge in [-0.2, -0.15) is 0 Å². The van der Waals surface area contributed by atoms with E-state index in [0.29, 0.717) is 26.4 Å². The molecular weight excluding hydrogens is 1160 g/mol. The predicted molar refractivity (Wildman–Crippen MR) is 309 cm³/mol. The van der Waals surface area contributed by atoms with Crippen molar-refractivity contribution in [3.8, 4) is 66.8 Å². The second kappa shape index (κ2) is 17.3. The summed E-state index contributed by atoms with van der Waals surface area (Å²) in [5.74, 6) is 3.28. The quantitative estimate of drug-likeness (QED) is 0.163. The fraction of sp³-hybridized carbons (Fsp3) is 0.229. The first-order valence-corrected chi connectivity index (χ1v) is 30.1. The topological polar surface area (TPSA) is 49.9 Å². The molecule has 0 saturated carbocycles. The fourth-order valence-corrected chi connectivity index (χ4v) is 17.1. The summed E-state index contributed by atoms with van der Waals surface area (Å²) in [4.78, 5) is 10.1. The molecule has 8 aromatic rings. The van der Waals surface area contributed by atoms with Gasteiger partial charge in [0.25, 0.3) is 0 Å². The molecule has 0 aromatic heterocycles. The summed E-state index contributed by atoms with van der Waals surface area (Å²) in [7, 11) is 0. The second-order valence-corrected chi connectivity index (χ2v) is 26.8. The van der Waals surface area contributed by atoms with Gasteiger partial charge < -0.3 is 0 Å². The number of benzene rings is 8. The SMILES string of the molecule is CC(C)(C)c1cc(-c2ccccc2)c(-c2cc3cc(c2)C2COC4=C5OCC6c7cc(-c8c(-c9ccccc9)cc(C(C)(C)C)cc8-c8ccccc8)cc(c7)C7COC8=C9OCC3N9[C](=[Pt]=[C](N42)N56)N87)c(-c2ccccc2)c1. The van der Waals surface area contributed by atoms with Gasteiger partial charge in [0.05, 0.1) is 0 Å². The minimum absolute atomic E-state index is 0.0854. The van der Waals surface area contributed by atoms with Crippen LogP contribution in [0.1, 0.15) is 99.1 Å². The van der Waals surface area contributed by atoms with Crippen LogP contribution in [0.3, 0.4) is 0 Å². The van der Waals surface area contributed by atoms with Gasteiger partial charge in [0.15, 0.2) is 0 Å². The molecule has 4 atom stereocenters. The van der Waals surface area contributed by atoms with Gasteiger partial charge in [0, 0.05) is 0 Å². The molecule has 4 saturated heterocycles. The average Bonchev–Trinajstić information content (AvgIpc) is 3.12. The third-order valence-electron chi connectivity index (χ3n) is 17.3. The molecule has 8 aliphatic rings. The number of nitrogens with zero attached hydrogens (tertiary/aromatic N) is 4. The molecule has 8 heterocycles.